The first-order valence-corrected chi connectivity index (χ1v) is 7.43. The van der Waals surface area contributed by atoms with E-state index in [1.807, 2.05) is 43.3 Å². The lowest BCUT2D eigenvalue weighted by Crippen LogP contribution is -2.07. The lowest BCUT2D eigenvalue weighted by Gasteiger charge is -2.07. The Balaban J connectivity index is 1.71. The number of carbonyl (C=O) groups excluding carboxylic acids is 1. The van der Waals surface area contributed by atoms with Gasteiger partial charge in [0, 0.05) is 17.9 Å². The second kappa shape index (κ2) is 5.85. The second-order valence-electron chi connectivity index (χ2n) is 5.40. The molecule has 0 atom stereocenters. The number of fused-ring (bicyclic) bond motifs is 1. The van der Waals surface area contributed by atoms with E-state index in [0.29, 0.717) is 29.5 Å². The quantitative estimate of drug-likeness (QED) is 0.915. The molecular formula is C18H16ClNO2. The fraction of sp³-hybridized carbons (Fsp3) is 0.167. The van der Waals surface area contributed by atoms with Gasteiger partial charge in [0.15, 0.2) is 11.6 Å². The van der Waals surface area contributed by atoms with Crippen LogP contribution in [-0.4, -0.2) is 5.78 Å². The molecule has 0 saturated carbocycles. The van der Waals surface area contributed by atoms with Crippen molar-refractivity contribution in [2.24, 2.45) is 0 Å². The third-order valence-electron chi connectivity index (χ3n) is 3.72. The van der Waals surface area contributed by atoms with Gasteiger partial charge in [-0.1, -0.05) is 29.8 Å². The predicted molar refractivity (Wildman–Crippen MR) is 88.4 cm³/mol. The maximum atomic E-state index is 12.3. The molecule has 1 N–H and O–H groups in total. The molecule has 2 aromatic carbocycles. The third kappa shape index (κ3) is 3.00. The van der Waals surface area contributed by atoms with Crippen molar-refractivity contribution in [2.75, 3.05) is 5.32 Å². The van der Waals surface area contributed by atoms with Gasteiger partial charge < -0.3 is 10.1 Å². The van der Waals surface area contributed by atoms with Gasteiger partial charge in [-0.2, -0.15) is 0 Å². The van der Waals surface area contributed by atoms with Crippen molar-refractivity contribution in [3.8, 4) is 5.75 Å². The van der Waals surface area contributed by atoms with Crippen molar-refractivity contribution in [1.82, 2.24) is 0 Å². The highest BCUT2D eigenvalue weighted by Gasteiger charge is 2.16. The van der Waals surface area contributed by atoms with Gasteiger partial charge in [0.2, 0.25) is 0 Å². The molecule has 0 amide bonds. The van der Waals surface area contributed by atoms with Crippen molar-refractivity contribution in [2.45, 2.75) is 19.8 Å². The van der Waals surface area contributed by atoms with Crippen LogP contribution in [0.3, 0.4) is 0 Å². The Morgan fingerprint density at radius 2 is 2.09 bits per heavy atom. The number of ketones is 1. The highest BCUT2D eigenvalue weighted by molar-refractivity contribution is 6.31. The second-order valence-corrected chi connectivity index (χ2v) is 5.80. The number of rotatable bonds is 4. The van der Waals surface area contributed by atoms with Gasteiger partial charge >= 0.3 is 0 Å². The van der Waals surface area contributed by atoms with Gasteiger partial charge in [0.05, 0.1) is 5.69 Å². The Morgan fingerprint density at radius 1 is 1.27 bits per heavy atom. The summed E-state index contributed by atoms with van der Waals surface area (Å²) in [6, 6.07) is 11.4. The van der Waals surface area contributed by atoms with E-state index in [0.717, 1.165) is 22.4 Å². The van der Waals surface area contributed by atoms with E-state index in [4.69, 9.17) is 16.3 Å². The molecule has 4 heteroatoms. The minimum Gasteiger partial charge on any atom is -0.440 e. The predicted octanol–water partition coefficient (Wildman–Crippen LogP) is 4.28. The van der Waals surface area contributed by atoms with E-state index in [9.17, 15) is 4.79 Å². The first kappa shape index (κ1) is 14.7. The molecule has 1 heterocycles. The fourth-order valence-corrected chi connectivity index (χ4v) is 2.71. The van der Waals surface area contributed by atoms with Crippen LogP contribution in [0.4, 0.5) is 5.69 Å². The van der Waals surface area contributed by atoms with E-state index >= 15 is 0 Å². The topological polar surface area (TPSA) is 38.3 Å². The normalized spacial score (nSPS) is 12.5. The average Bonchev–Trinajstić information content (AvgIpc) is 2.83. The van der Waals surface area contributed by atoms with Crippen LogP contribution in [0, 0.1) is 6.92 Å². The summed E-state index contributed by atoms with van der Waals surface area (Å²) in [5.74, 6) is 1.37. The number of carbonyl (C=O) groups is 1. The van der Waals surface area contributed by atoms with Gasteiger partial charge in [-0.3, -0.25) is 4.79 Å². The molecule has 0 aromatic heterocycles. The standard InChI is InChI=1S/C18H16ClNO2/c1-11-14(4-3-5-16(11)19)10-15(21)8-13-6-7-17-18(9-13)22-12(2)20-17/h3-7,9,20H,2,8,10H2,1H3. The van der Waals surface area contributed by atoms with Crippen molar-refractivity contribution < 1.29 is 9.53 Å². The van der Waals surface area contributed by atoms with Gasteiger partial charge in [-0.15, -0.1) is 0 Å². The summed E-state index contributed by atoms with van der Waals surface area (Å²) in [5.41, 5.74) is 3.76. The molecule has 22 heavy (non-hydrogen) atoms. The third-order valence-corrected chi connectivity index (χ3v) is 4.13. The summed E-state index contributed by atoms with van der Waals surface area (Å²) in [6.07, 6.45) is 0.754. The van der Waals surface area contributed by atoms with E-state index in [1.54, 1.807) is 0 Å². The maximum absolute atomic E-state index is 12.3. The Kier molecular flexibility index (Phi) is 3.90. The number of anilines is 1. The van der Waals surface area contributed by atoms with Gasteiger partial charge in [0.25, 0.3) is 0 Å². The Morgan fingerprint density at radius 3 is 2.91 bits per heavy atom. The Hall–Kier alpha value is -2.26. The van der Waals surface area contributed by atoms with Crippen LogP contribution in [0.2, 0.25) is 5.02 Å². The zero-order chi connectivity index (χ0) is 15.7. The van der Waals surface area contributed by atoms with Crippen LogP contribution in [0.15, 0.2) is 48.9 Å². The molecule has 0 saturated heterocycles. The molecule has 3 rings (SSSR count). The number of ether oxygens (including phenoxy) is 1. The van der Waals surface area contributed by atoms with Crippen molar-refractivity contribution in [1.29, 1.82) is 0 Å². The number of halogens is 1. The Bertz CT molecular complexity index is 768. The zero-order valence-corrected chi connectivity index (χ0v) is 13.0. The number of nitrogens with one attached hydrogen (secondary N) is 1. The molecule has 1 aliphatic heterocycles. The molecule has 0 spiro atoms. The smallest absolute Gasteiger partial charge is 0.190 e. The molecule has 3 nitrogen and oxygen atoms in total. The largest absolute Gasteiger partial charge is 0.440 e. The van der Waals surface area contributed by atoms with Crippen LogP contribution < -0.4 is 10.1 Å². The number of Topliss-reactive ketones (excluding diaryl/α,β-unsaturated/α-hetero) is 1. The van der Waals surface area contributed by atoms with Crippen molar-refractivity contribution in [3.63, 3.8) is 0 Å². The molecule has 1 aliphatic rings. The Labute approximate surface area is 134 Å². The van der Waals surface area contributed by atoms with Gasteiger partial charge in [-0.05, 0) is 48.4 Å². The number of hydrogen-bond donors (Lipinski definition) is 1. The molecule has 0 radical (unpaired) electrons. The molecule has 112 valence electrons. The van der Waals surface area contributed by atoms with Crippen LogP contribution in [0.25, 0.3) is 0 Å². The van der Waals surface area contributed by atoms with Crippen LogP contribution in [0.1, 0.15) is 16.7 Å². The van der Waals surface area contributed by atoms with Crippen molar-refractivity contribution in [3.05, 3.63) is 70.6 Å². The summed E-state index contributed by atoms with van der Waals surface area (Å²) in [6.45, 7) is 5.66. The first-order chi connectivity index (χ1) is 10.5. The zero-order valence-electron chi connectivity index (χ0n) is 12.3. The van der Waals surface area contributed by atoms with E-state index < -0.39 is 0 Å². The maximum Gasteiger partial charge on any atom is 0.190 e. The summed E-state index contributed by atoms with van der Waals surface area (Å²) in [5, 5.41) is 3.71. The monoisotopic (exact) mass is 313 g/mol. The van der Waals surface area contributed by atoms with Crippen LogP contribution >= 0.6 is 11.6 Å². The molecule has 0 aliphatic carbocycles. The lowest BCUT2D eigenvalue weighted by molar-refractivity contribution is -0.117. The van der Waals surface area contributed by atoms with Gasteiger partial charge in [0.1, 0.15) is 5.78 Å². The summed E-state index contributed by atoms with van der Waals surface area (Å²) < 4.78 is 5.45. The number of benzene rings is 2. The first-order valence-electron chi connectivity index (χ1n) is 7.05. The molecule has 0 fully saturated rings. The molecular weight excluding hydrogens is 298 g/mol. The highest BCUT2D eigenvalue weighted by atomic mass is 35.5. The summed E-state index contributed by atoms with van der Waals surface area (Å²) in [7, 11) is 0. The minimum absolute atomic E-state index is 0.148. The van der Waals surface area contributed by atoms with Crippen LogP contribution in [0.5, 0.6) is 5.75 Å². The molecule has 2 aromatic rings. The minimum atomic E-state index is 0.148. The van der Waals surface area contributed by atoms with Gasteiger partial charge in [-0.25, -0.2) is 0 Å². The average molecular weight is 314 g/mol. The summed E-state index contributed by atoms with van der Waals surface area (Å²) in [4.78, 5) is 12.3. The molecule has 0 unspecified atom stereocenters. The van der Waals surface area contributed by atoms with E-state index in [-0.39, 0.29) is 5.78 Å². The number of hydrogen-bond acceptors (Lipinski definition) is 3. The summed E-state index contributed by atoms with van der Waals surface area (Å²) >= 11 is 6.09. The van der Waals surface area contributed by atoms with Crippen LogP contribution in [-0.2, 0) is 17.6 Å². The molecule has 0 bridgehead atoms. The lowest BCUT2D eigenvalue weighted by atomic mass is 9.99. The fourth-order valence-electron chi connectivity index (χ4n) is 2.52. The van der Waals surface area contributed by atoms with Crippen molar-refractivity contribution >= 4 is 23.1 Å². The SMILES string of the molecule is C=C1Nc2ccc(CC(=O)Cc3cccc(Cl)c3C)cc2O1. The van der Waals surface area contributed by atoms with E-state index in [1.165, 1.54) is 0 Å². The highest BCUT2D eigenvalue weighted by Crippen LogP contribution is 2.33. The van der Waals surface area contributed by atoms with E-state index in [2.05, 4.69) is 11.9 Å².